The van der Waals surface area contributed by atoms with Crippen molar-refractivity contribution in [2.24, 2.45) is 0 Å². The van der Waals surface area contributed by atoms with Gasteiger partial charge in [-0.3, -0.25) is 0 Å². The monoisotopic (exact) mass is 290 g/mol. The highest BCUT2D eigenvalue weighted by atomic mass is 79.9. The van der Waals surface area contributed by atoms with Crippen LogP contribution in [-0.2, 0) is 6.54 Å². The molecule has 1 aromatic heterocycles. The van der Waals surface area contributed by atoms with E-state index in [0.29, 0.717) is 0 Å². The second-order valence-electron chi connectivity index (χ2n) is 3.78. The number of unbranched alkanes of at least 4 members (excludes halogenated alkanes) is 1. The van der Waals surface area contributed by atoms with Gasteiger partial charge in [0.1, 0.15) is 0 Å². The molecule has 0 fully saturated rings. The Morgan fingerprint density at radius 2 is 2.27 bits per heavy atom. The second kappa shape index (κ2) is 7.39. The normalized spacial score (nSPS) is 11.2. The molecular formula is C11H19BrN2S. The van der Waals surface area contributed by atoms with Gasteiger partial charge in [-0.25, -0.2) is 0 Å². The molecule has 0 saturated heterocycles. The number of thiophene rings is 1. The first-order chi connectivity index (χ1) is 7.22. The van der Waals surface area contributed by atoms with E-state index in [1.54, 1.807) is 0 Å². The van der Waals surface area contributed by atoms with Gasteiger partial charge in [-0.2, -0.15) is 0 Å². The average Bonchev–Trinajstić information content (AvgIpc) is 2.59. The Bertz CT molecular complexity index is 275. The zero-order valence-corrected chi connectivity index (χ0v) is 11.8. The molecule has 86 valence electrons. The van der Waals surface area contributed by atoms with Crippen LogP contribution in [0.3, 0.4) is 0 Å². The summed E-state index contributed by atoms with van der Waals surface area (Å²) in [7, 11) is 4.19. The summed E-state index contributed by atoms with van der Waals surface area (Å²) < 4.78 is 1.20. The molecule has 0 spiro atoms. The van der Waals surface area contributed by atoms with Crippen LogP contribution in [0.15, 0.2) is 15.9 Å². The predicted molar refractivity (Wildman–Crippen MR) is 71.5 cm³/mol. The van der Waals surface area contributed by atoms with Crippen molar-refractivity contribution in [3.8, 4) is 0 Å². The second-order valence-corrected chi connectivity index (χ2v) is 5.69. The predicted octanol–water partition coefficient (Wildman–Crippen LogP) is 2.94. The van der Waals surface area contributed by atoms with Gasteiger partial charge >= 0.3 is 0 Å². The molecule has 0 amide bonds. The minimum Gasteiger partial charge on any atom is -0.320 e. The number of hydrogen-bond donors (Lipinski definition) is 1. The zero-order chi connectivity index (χ0) is 11.1. The fourth-order valence-corrected chi connectivity index (χ4v) is 3.00. The third kappa shape index (κ3) is 5.66. The van der Waals surface area contributed by atoms with E-state index in [0.717, 1.165) is 13.1 Å². The first-order valence-electron chi connectivity index (χ1n) is 5.28. The van der Waals surface area contributed by atoms with E-state index in [9.17, 15) is 0 Å². The van der Waals surface area contributed by atoms with Gasteiger partial charge in [-0.05, 0) is 62.0 Å². The average molecular weight is 291 g/mol. The number of nitrogens with zero attached hydrogens (tertiary/aromatic N) is 1. The summed E-state index contributed by atoms with van der Waals surface area (Å²) in [6.07, 6.45) is 2.53. The first kappa shape index (κ1) is 13.2. The number of nitrogens with one attached hydrogen (secondary N) is 1. The molecule has 0 aliphatic heterocycles. The lowest BCUT2D eigenvalue weighted by Crippen LogP contribution is -2.19. The van der Waals surface area contributed by atoms with Crippen LogP contribution < -0.4 is 5.32 Å². The van der Waals surface area contributed by atoms with Crippen molar-refractivity contribution in [2.45, 2.75) is 19.4 Å². The summed E-state index contributed by atoms with van der Waals surface area (Å²) in [5.41, 5.74) is 0. The lowest BCUT2D eigenvalue weighted by atomic mass is 10.3. The smallest absolute Gasteiger partial charge is 0.0325 e. The molecule has 4 heteroatoms. The highest BCUT2D eigenvalue weighted by Crippen LogP contribution is 2.20. The Kier molecular flexibility index (Phi) is 6.48. The molecular weight excluding hydrogens is 272 g/mol. The van der Waals surface area contributed by atoms with Gasteiger partial charge < -0.3 is 10.2 Å². The molecule has 2 nitrogen and oxygen atoms in total. The van der Waals surface area contributed by atoms with Gasteiger partial charge in [0.25, 0.3) is 0 Å². The van der Waals surface area contributed by atoms with Crippen LogP contribution in [0.25, 0.3) is 0 Å². The third-order valence-electron chi connectivity index (χ3n) is 2.26. The van der Waals surface area contributed by atoms with Crippen LogP contribution in [-0.4, -0.2) is 32.1 Å². The Morgan fingerprint density at radius 1 is 1.47 bits per heavy atom. The quantitative estimate of drug-likeness (QED) is 0.777. The topological polar surface area (TPSA) is 15.3 Å². The molecule has 0 unspecified atom stereocenters. The van der Waals surface area contributed by atoms with Crippen LogP contribution in [0.5, 0.6) is 0 Å². The molecule has 1 heterocycles. The molecule has 1 aromatic rings. The minimum absolute atomic E-state index is 1.07. The number of rotatable bonds is 7. The molecule has 0 atom stereocenters. The van der Waals surface area contributed by atoms with E-state index in [2.05, 4.69) is 44.6 Å². The van der Waals surface area contributed by atoms with Crippen molar-refractivity contribution in [1.82, 2.24) is 10.2 Å². The minimum atomic E-state index is 1.07. The maximum absolute atomic E-state index is 3.48. The molecule has 0 aliphatic carbocycles. The Balaban J connectivity index is 2.15. The van der Waals surface area contributed by atoms with E-state index in [4.69, 9.17) is 0 Å². The zero-order valence-electron chi connectivity index (χ0n) is 9.42. The molecule has 0 aromatic carbocycles. The largest absolute Gasteiger partial charge is 0.320 e. The number of halogens is 1. The van der Waals surface area contributed by atoms with E-state index in [1.165, 1.54) is 28.7 Å². The Labute approximate surface area is 105 Å². The van der Waals surface area contributed by atoms with Crippen LogP contribution in [0.4, 0.5) is 0 Å². The lowest BCUT2D eigenvalue weighted by Gasteiger charge is -2.15. The van der Waals surface area contributed by atoms with Crippen molar-refractivity contribution < 1.29 is 0 Å². The van der Waals surface area contributed by atoms with Gasteiger partial charge in [-0.1, -0.05) is 0 Å². The first-order valence-corrected chi connectivity index (χ1v) is 6.95. The summed E-state index contributed by atoms with van der Waals surface area (Å²) in [5.74, 6) is 0. The van der Waals surface area contributed by atoms with Gasteiger partial charge in [0.05, 0.1) is 0 Å². The SMILES string of the molecule is CNCCCCN(C)Cc1cc(Br)cs1. The maximum atomic E-state index is 3.48. The van der Waals surface area contributed by atoms with Crippen LogP contribution in [0.1, 0.15) is 17.7 Å². The van der Waals surface area contributed by atoms with E-state index >= 15 is 0 Å². The summed E-state index contributed by atoms with van der Waals surface area (Å²) in [4.78, 5) is 3.81. The lowest BCUT2D eigenvalue weighted by molar-refractivity contribution is 0.321. The van der Waals surface area contributed by atoms with E-state index in [-0.39, 0.29) is 0 Å². The molecule has 1 N–H and O–H groups in total. The summed E-state index contributed by atoms with van der Waals surface area (Å²) >= 11 is 5.30. The molecule has 15 heavy (non-hydrogen) atoms. The fourth-order valence-electron chi connectivity index (χ4n) is 1.47. The van der Waals surface area contributed by atoms with E-state index in [1.807, 2.05) is 18.4 Å². The van der Waals surface area contributed by atoms with Gasteiger partial charge in [0, 0.05) is 21.3 Å². The summed E-state index contributed by atoms with van der Waals surface area (Å²) in [6.45, 7) is 3.37. The maximum Gasteiger partial charge on any atom is 0.0325 e. The highest BCUT2D eigenvalue weighted by Gasteiger charge is 2.02. The number of hydrogen-bond acceptors (Lipinski definition) is 3. The van der Waals surface area contributed by atoms with Crippen LogP contribution in [0.2, 0.25) is 0 Å². The fraction of sp³-hybridized carbons (Fsp3) is 0.636. The van der Waals surface area contributed by atoms with Gasteiger partial charge in [0.2, 0.25) is 0 Å². The Hall–Kier alpha value is 0.1000. The highest BCUT2D eigenvalue weighted by molar-refractivity contribution is 9.10. The van der Waals surface area contributed by atoms with E-state index < -0.39 is 0 Å². The van der Waals surface area contributed by atoms with Crippen molar-refractivity contribution in [3.63, 3.8) is 0 Å². The van der Waals surface area contributed by atoms with Gasteiger partial charge in [0.15, 0.2) is 0 Å². The van der Waals surface area contributed by atoms with Gasteiger partial charge in [-0.15, -0.1) is 11.3 Å². The molecule has 0 aliphatic rings. The summed E-state index contributed by atoms with van der Waals surface area (Å²) in [5, 5.41) is 5.31. The van der Waals surface area contributed by atoms with Crippen molar-refractivity contribution in [2.75, 3.05) is 27.2 Å². The Morgan fingerprint density at radius 3 is 2.87 bits per heavy atom. The molecule has 0 bridgehead atoms. The van der Waals surface area contributed by atoms with Crippen LogP contribution >= 0.6 is 27.3 Å². The molecule has 0 radical (unpaired) electrons. The van der Waals surface area contributed by atoms with Crippen molar-refractivity contribution >= 4 is 27.3 Å². The molecule has 1 rings (SSSR count). The molecule has 0 saturated carbocycles. The van der Waals surface area contributed by atoms with Crippen molar-refractivity contribution in [1.29, 1.82) is 0 Å². The van der Waals surface area contributed by atoms with Crippen molar-refractivity contribution in [3.05, 3.63) is 20.8 Å². The van der Waals surface area contributed by atoms with Crippen LogP contribution in [0, 0.1) is 0 Å². The third-order valence-corrected chi connectivity index (χ3v) is 3.95. The standard InChI is InChI=1S/C11H19BrN2S/c1-13-5-3-4-6-14(2)8-11-7-10(12)9-15-11/h7,9,13H,3-6,8H2,1-2H3. The summed E-state index contributed by atoms with van der Waals surface area (Å²) in [6, 6.07) is 2.20.